The van der Waals surface area contributed by atoms with Crippen molar-refractivity contribution in [2.24, 2.45) is 0 Å². The number of rotatable bonds is 1. The maximum atomic E-state index is 6.10. The van der Waals surface area contributed by atoms with Crippen molar-refractivity contribution in [1.82, 2.24) is 0 Å². The van der Waals surface area contributed by atoms with Crippen LogP contribution in [0.3, 0.4) is 0 Å². The summed E-state index contributed by atoms with van der Waals surface area (Å²) in [6.07, 6.45) is 4.49. The summed E-state index contributed by atoms with van der Waals surface area (Å²) in [5, 5.41) is 3.53. The highest BCUT2D eigenvalue weighted by Crippen LogP contribution is 2.44. The third-order valence-electron chi connectivity index (χ3n) is 3.68. The molecular formula is C13H16BrNO2. The highest BCUT2D eigenvalue weighted by Gasteiger charge is 2.42. The lowest BCUT2D eigenvalue weighted by atomic mass is 9.89. The van der Waals surface area contributed by atoms with E-state index < -0.39 is 0 Å². The van der Waals surface area contributed by atoms with Gasteiger partial charge in [0.15, 0.2) is 5.72 Å². The lowest BCUT2D eigenvalue weighted by Crippen LogP contribution is -2.45. The van der Waals surface area contributed by atoms with Crippen LogP contribution in [-0.2, 0) is 4.74 Å². The van der Waals surface area contributed by atoms with Gasteiger partial charge in [-0.2, -0.15) is 0 Å². The van der Waals surface area contributed by atoms with E-state index >= 15 is 0 Å². The van der Waals surface area contributed by atoms with Crippen molar-refractivity contribution >= 4 is 21.6 Å². The Morgan fingerprint density at radius 3 is 2.88 bits per heavy atom. The zero-order chi connectivity index (χ0) is 11.9. The second-order valence-electron chi connectivity index (χ2n) is 4.80. The molecule has 0 unspecified atom stereocenters. The highest BCUT2D eigenvalue weighted by molar-refractivity contribution is 9.10. The Balaban J connectivity index is 1.77. The molecule has 92 valence electrons. The van der Waals surface area contributed by atoms with E-state index in [-0.39, 0.29) is 5.72 Å². The minimum absolute atomic E-state index is 0.196. The normalized spacial score (nSPS) is 30.8. The third-order valence-corrected chi connectivity index (χ3v) is 4.18. The van der Waals surface area contributed by atoms with Crippen molar-refractivity contribution in [3.05, 3.63) is 22.7 Å². The molecule has 1 aromatic carbocycles. The molecule has 2 aliphatic rings. The molecule has 3 rings (SSSR count). The Bertz CT molecular complexity index is 427. The number of anilines is 1. The fraction of sp³-hybridized carbons (Fsp3) is 0.538. The number of halogens is 1. The fourth-order valence-electron chi connectivity index (χ4n) is 2.69. The van der Waals surface area contributed by atoms with Crippen LogP contribution in [0.1, 0.15) is 25.7 Å². The maximum absolute atomic E-state index is 6.10. The van der Waals surface area contributed by atoms with E-state index in [0.717, 1.165) is 41.6 Å². The van der Waals surface area contributed by atoms with Gasteiger partial charge in [-0.05, 0) is 31.0 Å². The number of hydrogen-bond donors (Lipinski definition) is 1. The minimum Gasteiger partial charge on any atom is -0.466 e. The Hall–Kier alpha value is -0.740. The number of nitrogens with one attached hydrogen (secondary N) is 1. The van der Waals surface area contributed by atoms with Gasteiger partial charge in [-0.15, -0.1) is 0 Å². The number of hydrogen-bond acceptors (Lipinski definition) is 3. The maximum Gasteiger partial charge on any atom is 0.181 e. The average molecular weight is 298 g/mol. The van der Waals surface area contributed by atoms with Crippen LogP contribution < -0.4 is 10.1 Å². The predicted molar refractivity (Wildman–Crippen MR) is 70.4 cm³/mol. The zero-order valence-electron chi connectivity index (χ0n) is 9.83. The first-order valence-corrected chi connectivity index (χ1v) is 6.80. The standard InChI is InChI=1S/C13H16BrNO2/c1-16-10-4-6-13(7-5-10)15-11-8-9(14)2-3-12(11)17-13/h2-3,8,10,15H,4-7H2,1H3. The highest BCUT2D eigenvalue weighted by atomic mass is 79.9. The molecule has 3 nitrogen and oxygen atoms in total. The lowest BCUT2D eigenvalue weighted by molar-refractivity contribution is -0.00230. The topological polar surface area (TPSA) is 30.5 Å². The molecule has 4 heteroatoms. The minimum atomic E-state index is -0.196. The van der Waals surface area contributed by atoms with Gasteiger partial charge < -0.3 is 14.8 Å². The van der Waals surface area contributed by atoms with Gasteiger partial charge in [-0.3, -0.25) is 0 Å². The summed E-state index contributed by atoms with van der Waals surface area (Å²) in [7, 11) is 1.79. The smallest absolute Gasteiger partial charge is 0.181 e. The molecule has 0 atom stereocenters. The quantitative estimate of drug-likeness (QED) is 0.860. The molecule has 0 amide bonds. The Morgan fingerprint density at radius 2 is 2.18 bits per heavy atom. The van der Waals surface area contributed by atoms with E-state index in [1.807, 2.05) is 12.1 Å². The van der Waals surface area contributed by atoms with E-state index in [9.17, 15) is 0 Å². The molecule has 17 heavy (non-hydrogen) atoms. The molecule has 1 aromatic rings. The average Bonchev–Trinajstić information content (AvgIpc) is 2.67. The first-order chi connectivity index (χ1) is 8.21. The number of fused-ring (bicyclic) bond motifs is 1. The summed E-state index contributed by atoms with van der Waals surface area (Å²) in [5.41, 5.74) is 0.897. The van der Waals surface area contributed by atoms with Crippen LogP contribution >= 0.6 is 15.9 Å². The van der Waals surface area contributed by atoms with E-state index in [4.69, 9.17) is 9.47 Å². The van der Waals surface area contributed by atoms with Gasteiger partial charge in [0.05, 0.1) is 11.8 Å². The van der Waals surface area contributed by atoms with E-state index in [1.165, 1.54) is 0 Å². The molecule has 1 N–H and O–H groups in total. The van der Waals surface area contributed by atoms with Gasteiger partial charge in [0, 0.05) is 24.4 Å². The summed E-state index contributed by atoms with van der Waals surface area (Å²) in [6, 6.07) is 6.11. The van der Waals surface area contributed by atoms with Gasteiger partial charge in [0.2, 0.25) is 0 Å². The summed E-state index contributed by atoms with van der Waals surface area (Å²) in [6.45, 7) is 0. The SMILES string of the molecule is COC1CCC2(CC1)Nc1cc(Br)ccc1O2. The predicted octanol–water partition coefficient (Wildman–Crippen LogP) is 3.54. The number of benzene rings is 1. The van der Waals surface area contributed by atoms with Gasteiger partial charge in [0.25, 0.3) is 0 Å². The number of methoxy groups -OCH3 is 1. The summed E-state index contributed by atoms with van der Waals surface area (Å²) in [4.78, 5) is 0. The van der Waals surface area contributed by atoms with Crippen molar-refractivity contribution in [2.45, 2.75) is 37.5 Å². The molecule has 1 aliphatic heterocycles. The molecule has 0 radical (unpaired) electrons. The largest absolute Gasteiger partial charge is 0.466 e. The Morgan fingerprint density at radius 1 is 1.41 bits per heavy atom. The Kier molecular flexibility index (Phi) is 2.79. The van der Waals surface area contributed by atoms with Crippen LogP contribution in [0.25, 0.3) is 0 Å². The lowest BCUT2D eigenvalue weighted by Gasteiger charge is -2.36. The second-order valence-corrected chi connectivity index (χ2v) is 5.71. The Labute approximate surface area is 110 Å². The second kappa shape index (κ2) is 4.18. The van der Waals surface area contributed by atoms with Crippen LogP contribution in [0.4, 0.5) is 5.69 Å². The van der Waals surface area contributed by atoms with E-state index in [1.54, 1.807) is 7.11 Å². The molecule has 1 aliphatic carbocycles. The van der Waals surface area contributed by atoms with Gasteiger partial charge in [-0.1, -0.05) is 15.9 Å². The molecule has 1 heterocycles. The molecule has 1 spiro atoms. The molecular weight excluding hydrogens is 282 g/mol. The first kappa shape index (κ1) is 11.4. The van der Waals surface area contributed by atoms with Crippen molar-refractivity contribution < 1.29 is 9.47 Å². The fourth-order valence-corrected chi connectivity index (χ4v) is 3.05. The number of ether oxygens (including phenoxy) is 2. The summed E-state index contributed by atoms with van der Waals surface area (Å²) < 4.78 is 12.6. The van der Waals surface area contributed by atoms with Crippen molar-refractivity contribution in [3.8, 4) is 5.75 Å². The van der Waals surface area contributed by atoms with Gasteiger partial charge >= 0.3 is 0 Å². The van der Waals surface area contributed by atoms with Crippen molar-refractivity contribution in [1.29, 1.82) is 0 Å². The van der Waals surface area contributed by atoms with Crippen molar-refractivity contribution in [2.75, 3.05) is 12.4 Å². The van der Waals surface area contributed by atoms with E-state index in [0.29, 0.717) is 6.10 Å². The molecule has 1 fully saturated rings. The first-order valence-electron chi connectivity index (χ1n) is 6.00. The van der Waals surface area contributed by atoms with Gasteiger partial charge in [-0.25, -0.2) is 0 Å². The van der Waals surface area contributed by atoms with Gasteiger partial charge in [0.1, 0.15) is 5.75 Å². The zero-order valence-corrected chi connectivity index (χ0v) is 11.4. The molecule has 1 saturated carbocycles. The van der Waals surface area contributed by atoms with Crippen LogP contribution in [-0.4, -0.2) is 18.9 Å². The molecule has 0 saturated heterocycles. The molecule has 0 aromatic heterocycles. The molecule has 0 bridgehead atoms. The van der Waals surface area contributed by atoms with Crippen LogP contribution in [0.5, 0.6) is 5.75 Å². The third kappa shape index (κ3) is 2.04. The van der Waals surface area contributed by atoms with Crippen LogP contribution in [0.2, 0.25) is 0 Å². The van der Waals surface area contributed by atoms with Crippen LogP contribution in [0, 0.1) is 0 Å². The summed E-state index contributed by atoms with van der Waals surface area (Å²) in [5.74, 6) is 0.962. The monoisotopic (exact) mass is 297 g/mol. The van der Waals surface area contributed by atoms with E-state index in [2.05, 4.69) is 27.3 Å². The van der Waals surface area contributed by atoms with Crippen LogP contribution in [0.15, 0.2) is 22.7 Å². The summed E-state index contributed by atoms with van der Waals surface area (Å²) >= 11 is 3.48. The van der Waals surface area contributed by atoms with Crippen molar-refractivity contribution in [3.63, 3.8) is 0 Å².